The fourth-order valence-corrected chi connectivity index (χ4v) is 3.46. The molecule has 0 bridgehead atoms. The van der Waals surface area contributed by atoms with E-state index >= 15 is 0 Å². The SMILES string of the molecule is COc1ccc(/C=C2\SC(=O)N(Cc3ccc(I)cc3)C2=O)cc1. The number of carbonyl (C=O) groups is 2. The molecule has 0 spiro atoms. The van der Waals surface area contributed by atoms with Crippen LogP contribution in [0.25, 0.3) is 6.08 Å². The summed E-state index contributed by atoms with van der Waals surface area (Å²) in [4.78, 5) is 26.4. The number of imide groups is 1. The number of hydrogen-bond donors (Lipinski definition) is 0. The molecule has 122 valence electrons. The zero-order valence-electron chi connectivity index (χ0n) is 12.9. The largest absolute Gasteiger partial charge is 0.497 e. The molecule has 0 aliphatic carbocycles. The molecule has 1 aliphatic rings. The lowest BCUT2D eigenvalue weighted by molar-refractivity contribution is -0.123. The van der Waals surface area contributed by atoms with Gasteiger partial charge in [-0.2, -0.15) is 0 Å². The van der Waals surface area contributed by atoms with Gasteiger partial charge in [-0.1, -0.05) is 24.3 Å². The van der Waals surface area contributed by atoms with Gasteiger partial charge in [0, 0.05) is 3.57 Å². The third-order valence-corrected chi connectivity index (χ3v) is 5.17. The van der Waals surface area contributed by atoms with Gasteiger partial charge in [0.25, 0.3) is 11.1 Å². The summed E-state index contributed by atoms with van der Waals surface area (Å²) < 4.78 is 6.23. The first kappa shape index (κ1) is 17.0. The number of methoxy groups -OCH3 is 1. The van der Waals surface area contributed by atoms with Crippen LogP contribution in [-0.2, 0) is 11.3 Å². The second kappa shape index (κ2) is 7.40. The van der Waals surface area contributed by atoms with E-state index < -0.39 is 0 Å². The van der Waals surface area contributed by atoms with Crippen LogP contribution in [0.5, 0.6) is 5.75 Å². The third-order valence-electron chi connectivity index (χ3n) is 3.54. The molecule has 0 unspecified atom stereocenters. The van der Waals surface area contributed by atoms with Gasteiger partial charge in [-0.15, -0.1) is 0 Å². The molecular weight excluding hydrogens is 437 g/mol. The number of benzene rings is 2. The maximum Gasteiger partial charge on any atom is 0.293 e. The van der Waals surface area contributed by atoms with Crippen LogP contribution in [-0.4, -0.2) is 23.2 Å². The standard InChI is InChI=1S/C18H14INO3S/c1-23-15-8-4-12(5-9-15)10-16-17(21)20(18(22)24-16)11-13-2-6-14(19)7-3-13/h2-10H,11H2,1H3/b16-10-. The molecule has 4 nitrogen and oxygen atoms in total. The van der Waals surface area contributed by atoms with Gasteiger partial charge in [-0.05, 0) is 75.8 Å². The van der Waals surface area contributed by atoms with Gasteiger partial charge in [0.15, 0.2) is 0 Å². The van der Waals surface area contributed by atoms with E-state index in [-0.39, 0.29) is 11.1 Å². The van der Waals surface area contributed by atoms with E-state index in [0.29, 0.717) is 11.4 Å². The van der Waals surface area contributed by atoms with E-state index in [1.807, 2.05) is 48.5 Å². The van der Waals surface area contributed by atoms with Crippen LogP contribution in [0.1, 0.15) is 11.1 Å². The molecular formula is C18H14INO3S. The number of nitrogens with zero attached hydrogens (tertiary/aromatic N) is 1. The van der Waals surface area contributed by atoms with Gasteiger partial charge in [0.05, 0.1) is 18.6 Å². The average molecular weight is 451 g/mol. The Balaban J connectivity index is 1.77. The smallest absolute Gasteiger partial charge is 0.293 e. The molecule has 0 N–H and O–H groups in total. The van der Waals surface area contributed by atoms with E-state index in [2.05, 4.69) is 22.6 Å². The van der Waals surface area contributed by atoms with Crippen molar-refractivity contribution in [1.29, 1.82) is 0 Å². The Bertz CT molecular complexity index is 800. The molecule has 3 rings (SSSR count). The third kappa shape index (κ3) is 3.81. The lowest BCUT2D eigenvalue weighted by Crippen LogP contribution is -2.27. The molecule has 1 heterocycles. The van der Waals surface area contributed by atoms with Crippen LogP contribution < -0.4 is 4.74 Å². The van der Waals surface area contributed by atoms with Crippen molar-refractivity contribution in [2.24, 2.45) is 0 Å². The van der Waals surface area contributed by atoms with E-state index in [1.165, 1.54) is 4.90 Å². The summed E-state index contributed by atoms with van der Waals surface area (Å²) in [6.07, 6.45) is 1.73. The predicted octanol–water partition coefficient (Wildman–Crippen LogP) is 4.54. The quantitative estimate of drug-likeness (QED) is 0.506. The van der Waals surface area contributed by atoms with Crippen LogP contribution in [0.3, 0.4) is 0 Å². The van der Waals surface area contributed by atoms with Gasteiger partial charge in [0.1, 0.15) is 5.75 Å². The van der Waals surface area contributed by atoms with Crippen molar-refractivity contribution in [3.8, 4) is 5.75 Å². The first-order chi connectivity index (χ1) is 11.6. The molecule has 1 saturated heterocycles. The van der Waals surface area contributed by atoms with E-state index in [4.69, 9.17) is 4.74 Å². The zero-order valence-corrected chi connectivity index (χ0v) is 15.8. The number of halogens is 1. The topological polar surface area (TPSA) is 46.6 Å². The molecule has 2 aromatic carbocycles. The summed E-state index contributed by atoms with van der Waals surface area (Å²) in [5, 5.41) is -0.238. The number of ether oxygens (including phenoxy) is 1. The van der Waals surface area contributed by atoms with Gasteiger partial charge in [-0.3, -0.25) is 14.5 Å². The monoisotopic (exact) mass is 451 g/mol. The van der Waals surface area contributed by atoms with Crippen molar-refractivity contribution < 1.29 is 14.3 Å². The normalized spacial score (nSPS) is 16.1. The van der Waals surface area contributed by atoms with Crippen LogP contribution in [0.15, 0.2) is 53.4 Å². The highest BCUT2D eigenvalue weighted by Gasteiger charge is 2.34. The first-order valence-corrected chi connectivity index (χ1v) is 9.10. The Morgan fingerprint density at radius 2 is 1.75 bits per heavy atom. The van der Waals surface area contributed by atoms with Crippen molar-refractivity contribution in [2.75, 3.05) is 7.11 Å². The summed E-state index contributed by atoms with van der Waals surface area (Å²) in [7, 11) is 1.60. The van der Waals surface area contributed by atoms with Gasteiger partial charge < -0.3 is 4.74 Å². The summed E-state index contributed by atoms with van der Waals surface area (Å²) in [6, 6.07) is 15.1. The minimum atomic E-state index is -0.251. The summed E-state index contributed by atoms with van der Waals surface area (Å²) >= 11 is 3.20. The second-order valence-electron chi connectivity index (χ2n) is 5.17. The Labute approximate surface area is 158 Å². The maximum atomic E-state index is 12.5. The van der Waals surface area contributed by atoms with Crippen molar-refractivity contribution in [1.82, 2.24) is 4.90 Å². The molecule has 0 radical (unpaired) electrons. The van der Waals surface area contributed by atoms with Crippen molar-refractivity contribution >= 4 is 51.6 Å². The van der Waals surface area contributed by atoms with E-state index in [1.54, 1.807) is 13.2 Å². The predicted molar refractivity (Wildman–Crippen MR) is 104 cm³/mol. The lowest BCUT2D eigenvalue weighted by Gasteiger charge is -2.12. The van der Waals surface area contributed by atoms with Crippen LogP contribution >= 0.6 is 34.4 Å². The van der Waals surface area contributed by atoms with Crippen LogP contribution in [0.2, 0.25) is 0 Å². The van der Waals surface area contributed by atoms with Crippen molar-refractivity contribution in [3.05, 3.63) is 68.1 Å². The molecule has 0 aromatic heterocycles. The Kier molecular flexibility index (Phi) is 5.25. The van der Waals surface area contributed by atoms with Crippen molar-refractivity contribution in [3.63, 3.8) is 0 Å². The molecule has 1 aliphatic heterocycles. The fourth-order valence-electron chi connectivity index (χ4n) is 2.26. The van der Waals surface area contributed by atoms with E-state index in [9.17, 15) is 9.59 Å². The number of amides is 2. The number of carbonyl (C=O) groups excluding carboxylic acids is 2. The summed E-state index contributed by atoms with van der Waals surface area (Å²) in [5.74, 6) is 0.498. The fraction of sp³-hybridized carbons (Fsp3) is 0.111. The second-order valence-corrected chi connectivity index (χ2v) is 7.41. The summed E-state index contributed by atoms with van der Waals surface area (Å²) in [5.41, 5.74) is 1.79. The first-order valence-electron chi connectivity index (χ1n) is 7.20. The molecule has 24 heavy (non-hydrogen) atoms. The summed E-state index contributed by atoms with van der Waals surface area (Å²) in [6.45, 7) is 0.293. The molecule has 2 aromatic rings. The highest BCUT2D eigenvalue weighted by atomic mass is 127. The van der Waals surface area contributed by atoms with Crippen LogP contribution in [0.4, 0.5) is 4.79 Å². The Hall–Kier alpha value is -1.80. The Morgan fingerprint density at radius 3 is 2.38 bits per heavy atom. The minimum absolute atomic E-state index is 0.238. The highest BCUT2D eigenvalue weighted by Crippen LogP contribution is 2.33. The average Bonchev–Trinajstić information content (AvgIpc) is 2.85. The molecule has 2 amide bonds. The van der Waals surface area contributed by atoms with Crippen molar-refractivity contribution in [2.45, 2.75) is 6.54 Å². The molecule has 0 atom stereocenters. The Morgan fingerprint density at radius 1 is 1.08 bits per heavy atom. The minimum Gasteiger partial charge on any atom is -0.497 e. The van der Waals surface area contributed by atoms with E-state index in [0.717, 1.165) is 32.2 Å². The molecule has 1 fully saturated rings. The highest BCUT2D eigenvalue weighted by molar-refractivity contribution is 14.1. The van der Waals surface area contributed by atoms with Gasteiger partial charge in [0.2, 0.25) is 0 Å². The van der Waals surface area contributed by atoms with Crippen LogP contribution in [0, 0.1) is 3.57 Å². The number of thioether (sulfide) groups is 1. The number of hydrogen-bond acceptors (Lipinski definition) is 4. The lowest BCUT2D eigenvalue weighted by atomic mass is 10.2. The van der Waals surface area contributed by atoms with Gasteiger partial charge >= 0.3 is 0 Å². The number of rotatable bonds is 4. The maximum absolute atomic E-state index is 12.5. The molecule has 0 saturated carbocycles. The zero-order chi connectivity index (χ0) is 17.1. The molecule has 6 heteroatoms. The van der Waals surface area contributed by atoms with Gasteiger partial charge in [-0.25, -0.2) is 0 Å².